The molecule has 0 saturated carbocycles. The zero-order valence-corrected chi connectivity index (χ0v) is 17.5. The largest absolute Gasteiger partial charge is 0.420 e. The Bertz CT molecular complexity index is 1080. The molecule has 0 amide bonds. The first-order chi connectivity index (χ1) is 13.6. The van der Waals surface area contributed by atoms with E-state index in [9.17, 15) is 5.26 Å². The van der Waals surface area contributed by atoms with Crippen molar-refractivity contribution in [3.8, 4) is 11.9 Å². The van der Waals surface area contributed by atoms with Gasteiger partial charge in [-0.15, -0.1) is 16.9 Å². The van der Waals surface area contributed by atoms with Gasteiger partial charge in [0.15, 0.2) is 0 Å². The summed E-state index contributed by atoms with van der Waals surface area (Å²) >= 11 is 5.16. The van der Waals surface area contributed by atoms with Gasteiger partial charge in [0.2, 0.25) is 11.8 Å². The molecule has 3 N–H and O–H groups in total. The number of benzene rings is 2. The molecule has 3 aromatic rings. The number of allylic oxidation sites excluding steroid dienone is 1. The standard InChI is InChI=1S/C21H17BrN4OS/c1-12-2-8-15(9-3-12)28-11-17-19-18(13-4-6-14(22)7-5-13)16(10-23)20(24)27-21(19)26-25-17/h2-9,18H,11,24H2,1H3,(H,25,26)/t18-/m0/s1. The van der Waals surface area contributed by atoms with E-state index in [1.807, 2.05) is 24.3 Å². The highest BCUT2D eigenvalue weighted by molar-refractivity contribution is 9.10. The van der Waals surface area contributed by atoms with Gasteiger partial charge in [0.1, 0.15) is 11.6 Å². The molecule has 0 aliphatic carbocycles. The number of aryl methyl sites for hydroxylation is 1. The van der Waals surface area contributed by atoms with Crippen molar-refractivity contribution < 1.29 is 4.74 Å². The highest BCUT2D eigenvalue weighted by Crippen LogP contribution is 2.44. The second-order valence-electron chi connectivity index (χ2n) is 6.50. The van der Waals surface area contributed by atoms with E-state index in [1.54, 1.807) is 11.8 Å². The third kappa shape index (κ3) is 3.53. The third-order valence-electron chi connectivity index (χ3n) is 4.63. The molecule has 28 heavy (non-hydrogen) atoms. The summed E-state index contributed by atoms with van der Waals surface area (Å²) in [7, 11) is 0. The highest BCUT2D eigenvalue weighted by Gasteiger charge is 2.35. The number of halogens is 1. The van der Waals surface area contributed by atoms with Crippen molar-refractivity contribution in [1.29, 1.82) is 5.26 Å². The average Bonchev–Trinajstić information content (AvgIpc) is 3.09. The fraction of sp³-hybridized carbons (Fsp3) is 0.143. The maximum absolute atomic E-state index is 9.72. The first kappa shape index (κ1) is 18.7. The van der Waals surface area contributed by atoms with Crippen LogP contribution < -0.4 is 10.5 Å². The SMILES string of the molecule is Cc1ccc(SCc2[nH]nc3c2[C@@H](c2ccc(Br)cc2)C(C#N)=C(N)O3)cc1. The van der Waals surface area contributed by atoms with Gasteiger partial charge in [-0.25, -0.2) is 0 Å². The van der Waals surface area contributed by atoms with Crippen LogP contribution in [0.25, 0.3) is 0 Å². The number of aromatic nitrogens is 2. The molecule has 0 radical (unpaired) electrons. The Morgan fingerprint density at radius 1 is 1.21 bits per heavy atom. The minimum absolute atomic E-state index is 0.104. The molecule has 0 unspecified atom stereocenters. The molecule has 7 heteroatoms. The number of hydrogen-bond donors (Lipinski definition) is 2. The summed E-state index contributed by atoms with van der Waals surface area (Å²) in [4.78, 5) is 1.17. The minimum Gasteiger partial charge on any atom is -0.420 e. The molecular weight excluding hydrogens is 436 g/mol. The predicted molar refractivity (Wildman–Crippen MR) is 113 cm³/mol. The van der Waals surface area contributed by atoms with Crippen LogP contribution in [0.3, 0.4) is 0 Å². The van der Waals surface area contributed by atoms with Crippen molar-refractivity contribution in [1.82, 2.24) is 10.2 Å². The van der Waals surface area contributed by atoms with Crippen LogP contribution in [0, 0.1) is 18.3 Å². The van der Waals surface area contributed by atoms with Gasteiger partial charge in [0.25, 0.3) is 0 Å². The number of thioether (sulfide) groups is 1. The lowest BCUT2D eigenvalue weighted by Gasteiger charge is -2.24. The quantitative estimate of drug-likeness (QED) is 0.544. The molecule has 0 spiro atoms. The van der Waals surface area contributed by atoms with Crippen LogP contribution in [0.5, 0.6) is 5.88 Å². The van der Waals surface area contributed by atoms with Crippen LogP contribution >= 0.6 is 27.7 Å². The summed E-state index contributed by atoms with van der Waals surface area (Å²) in [5.41, 5.74) is 10.4. The van der Waals surface area contributed by atoms with E-state index in [4.69, 9.17) is 10.5 Å². The van der Waals surface area contributed by atoms with Gasteiger partial charge in [0.05, 0.1) is 17.2 Å². The first-order valence-corrected chi connectivity index (χ1v) is 10.4. The van der Waals surface area contributed by atoms with Crippen molar-refractivity contribution >= 4 is 27.7 Å². The monoisotopic (exact) mass is 452 g/mol. The Morgan fingerprint density at radius 3 is 2.61 bits per heavy atom. The second-order valence-corrected chi connectivity index (χ2v) is 8.46. The van der Waals surface area contributed by atoms with Crippen LogP contribution in [-0.4, -0.2) is 10.2 Å². The van der Waals surface area contributed by atoms with Gasteiger partial charge in [-0.2, -0.15) is 5.26 Å². The van der Waals surface area contributed by atoms with Crippen LogP contribution in [-0.2, 0) is 5.75 Å². The van der Waals surface area contributed by atoms with Crippen LogP contribution in [0.1, 0.15) is 28.3 Å². The van der Waals surface area contributed by atoms with Crippen LogP contribution in [0.4, 0.5) is 0 Å². The number of nitrogens with two attached hydrogens (primary N) is 1. The van der Waals surface area contributed by atoms with E-state index in [1.165, 1.54) is 10.5 Å². The molecule has 1 aromatic heterocycles. The number of nitriles is 1. The smallest absolute Gasteiger partial charge is 0.244 e. The van der Waals surface area contributed by atoms with Crippen LogP contribution in [0.15, 0.2) is 69.4 Å². The first-order valence-electron chi connectivity index (χ1n) is 8.66. The second kappa shape index (κ2) is 7.74. The molecule has 0 fully saturated rings. The molecule has 2 heterocycles. The molecule has 0 saturated heterocycles. The van der Waals surface area contributed by atoms with Crippen molar-refractivity contribution in [2.75, 3.05) is 0 Å². The van der Waals surface area contributed by atoms with Crippen molar-refractivity contribution in [3.05, 3.63) is 86.8 Å². The lowest BCUT2D eigenvalue weighted by Crippen LogP contribution is -2.21. The van der Waals surface area contributed by atoms with E-state index in [0.717, 1.165) is 21.3 Å². The molecule has 0 bridgehead atoms. The number of nitrogens with zero attached hydrogens (tertiary/aromatic N) is 2. The number of hydrogen-bond acceptors (Lipinski definition) is 5. The maximum Gasteiger partial charge on any atom is 0.244 e. The van der Waals surface area contributed by atoms with Gasteiger partial charge < -0.3 is 10.5 Å². The number of rotatable bonds is 4. The summed E-state index contributed by atoms with van der Waals surface area (Å²) in [6.45, 7) is 2.07. The minimum atomic E-state index is -0.311. The number of ether oxygens (including phenoxy) is 1. The molecule has 1 aliphatic heterocycles. The van der Waals surface area contributed by atoms with Gasteiger partial charge >= 0.3 is 0 Å². The molecule has 2 aromatic carbocycles. The molecule has 5 nitrogen and oxygen atoms in total. The normalized spacial score (nSPS) is 15.7. The predicted octanol–water partition coefficient (Wildman–Crippen LogP) is 4.99. The zero-order valence-electron chi connectivity index (χ0n) is 15.1. The van der Waals surface area contributed by atoms with Crippen molar-refractivity contribution in [3.63, 3.8) is 0 Å². The summed E-state index contributed by atoms with van der Waals surface area (Å²) in [5.74, 6) is 0.908. The fourth-order valence-electron chi connectivity index (χ4n) is 3.20. The Morgan fingerprint density at radius 2 is 1.93 bits per heavy atom. The zero-order chi connectivity index (χ0) is 19.7. The molecular formula is C21H17BrN4OS. The molecule has 4 rings (SSSR count). The number of aromatic amines is 1. The maximum atomic E-state index is 9.72. The molecule has 1 atom stereocenters. The van der Waals surface area contributed by atoms with Gasteiger partial charge in [-0.05, 0) is 36.8 Å². The van der Waals surface area contributed by atoms with Gasteiger partial charge in [-0.3, -0.25) is 5.10 Å². The Hall–Kier alpha value is -2.69. The Balaban J connectivity index is 1.71. The van der Waals surface area contributed by atoms with E-state index in [-0.39, 0.29) is 11.8 Å². The van der Waals surface area contributed by atoms with Gasteiger partial charge in [-0.1, -0.05) is 45.8 Å². The Kier molecular flexibility index (Phi) is 5.16. The van der Waals surface area contributed by atoms with E-state index < -0.39 is 0 Å². The summed E-state index contributed by atoms with van der Waals surface area (Å²) in [6, 6.07) is 18.5. The van der Waals surface area contributed by atoms with Crippen molar-refractivity contribution in [2.45, 2.75) is 23.5 Å². The fourth-order valence-corrected chi connectivity index (χ4v) is 4.32. The highest BCUT2D eigenvalue weighted by atomic mass is 79.9. The van der Waals surface area contributed by atoms with E-state index >= 15 is 0 Å². The average molecular weight is 453 g/mol. The van der Waals surface area contributed by atoms with Crippen molar-refractivity contribution in [2.24, 2.45) is 5.73 Å². The van der Waals surface area contributed by atoms with Gasteiger partial charge in [0, 0.05) is 15.1 Å². The Labute approximate surface area is 175 Å². The topological polar surface area (TPSA) is 87.7 Å². The summed E-state index contributed by atoms with van der Waals surface area (Å²) in [6.07, 6.45) is 0. The number of fused-ring (bicyclic) bond motifs is 1. The third-order valence-corrected chi connectivity index (χ3v) is 6.19. The number of nitrogens with one attached hydrogen (secondary N) is 1. The van der Waals surface area contributed by atoms with Crippen LogP contribution in [0.2, 0.25) is 0 Å². The lowest BCUT2D eigenvalue weighted by atomic mass is 9.84. The van der Waals surface area contributed by atoms with E-state index in [0.29, 0.717) is 17.2 Å². The number of H-pyrrole nitrogens is 1. The molecule has 140 valence electrons. The summed E-state index contributed by atoms with van der Waals surface area (Å²) in [5, 5.41) is 17.1. The van der Waals surface area contributed by atoms with E-state index in [2.05, 4.69) is 63.4 Å². The molecule has 1 aliphatic rings. The lowest BCUT2D eigenvalue weighted by molar-refractivity contribution is 0.379. The summed E-state index contributed by atoms with van der Waals surface area (Å²) < 4.78 is 6.61.